The molecule has 1 aliphatic carbocycles. The summed E-state index contributed by atoms with van der Waals surface area (Å²) in [4.78, 5) is 12.7. The first-order chi connectivity index (χ1) is 12.9. The number of carbonyl (C=O) groups excluding carboxylic acids is 1. The van der Waals surface area contributed by atoms with Gasteiger partial charge in [0.2, 0.25) is 15.9 Å². The quantitative estimate of drug-likeness (QED) is 0.658. The second-order valence-corrected chi connectivity index (χ2v) is 9.70. The number of sulfonamides is 1. The average molecular weight is 394 g/mol. The highest BCUT2D eigenvalue weighted by Crippen LogP contribution is 2.34. The molecule has 0 radical (unpaired) electrons. The molecule has 3 aliphatic rings. The molecule has 2 heterocycles. The molecule has 27 heavy (non-hydrogen) atoms. The van der Waals surface area contributed by atoms with Crippen LogP contribution in [-0.4, -0.2) is 39.6 Å². The second-order valence-electron chi connectivity index (χ2n) is 7.99. The molecule has 0 spiro atoms. The predicted octanol–water partition coefficient (Wildman–Crippen LogP) is 2.00. The van der Waals surface area contributed by atoms with E-state index in [1.807, 2.05) is 0 Å². The first-order valence-corrected chi connectivity index (χ1v) is 11.2. The number of anilines is 1. The van der Waals surface area contributed by atoms with Crippen molar-refractivity contribution in [3.8, 4) is 5.75 Å². The van der Waals surface area contributed by atoms with E-state index in [1.54, 1.807) is 6.07 Å². The summed E-state index contributed by atoms with van der Waals surface area (Å²) in [5.74, 6) is 0.738. The molecule has 1 aromatic carbocycles. The molecule has 3 N–H and O–H groups in total. The van der Waals surface area contributed by atoms with Crippen LogP contribution in [0.2, 0.25) is 0 Å². The monoisotopic (exact) mass is 393 g/mol. The van der Waals surface area contributed by atoms with Gasteiger partial charge in [0.15, 0.2) is 0 Å². The van der Waals surface area contributed by atoms with Crippen LogP contribution < -0.4 is 20.1 Å². The summed E-state index contributed by atoms with van der Waals surface area (Å²) in [5.41, 5.74) is 0.401. The maximum atomic E-state index is 12.6. The third kappa shape index (κ3) is 4.44. The van der Waals surface area contributed by atoms with E-state index in [4.69, 9.17) is 4.74 Å². The Kier molecular flexibility index (Phi) is 5.13. The minimum Gasteiger partial charge on any atom is -0.495 e. The van der Waals surface area contributed by atoms with E-state index in [-0.39, 0.29) is 16.8 Å². The number of nitrogens with one attached hydrogen (secondary N) is 3. The summed E-state index contributed by atoms with van der Waals surface area (Å²) < 4.78 is 32.8. The van der Waals surface area contributed by atoms with E-state index in [0.717, 1.165) is 25.7 Å². The van der Waals surface area contributed by atoms with Crippen molar-refractivity contribution in [2.24, 2.45) is 5.92 Å². The number of piperidine rings is 1. The number of carbonyl (C=O) groups is 1. The molecule has 1 aromatic rings. The Labute approximate surface area is 160 Å². The molecule has 7 nitrogen and oxygen atoms in total. The van der Waals surface area contributed by atoms with Crippen molar-refractivity contribution in [1.82, 2.24) is 10.0 Å². The van der Waals surface area contributed by atoms with Crippen LogP contribution in [0.15, 0.2) is 23.1 Å². The van der Waals surface area contributed by atoms with Crippen molar-refractivity contribution >= 4 is 21.6 Å². The van der Waals surface area contributed by atoms with Crippen LogP contribution in [-0.2, 0) is 14.8 Å². The molecule has 1 amide bonds. The van der Waals surface area contributed by atoms with Crippen LogP contribution in [0.3, 0.4) is 0 Å². The third-order valence-electron chi connectivity index (χ3n) is 5.70. The summed E-state index contributed by atoms with van der Waals surface area (Å²) in [5, 5.41) is 6.44. The van der Waals surface area contributed by atoms with Gasteiger partial charge in [-0.2, -0.15) is 0 Å². The molecule has 3 fully saturated rings. The van der Waals surface area contributed by atoms with Gasteiger partial charge in [-0.25, -0.2) is 13.1 Å². The first kappa shape index (κ1) is 18.7. The number of rotatable bonds is 7. The number of hydrogen-bond acceptors (Lipinski definition) is 5. The molecular weight excluding hydrogens is 366 g/mol. The van der Waals surface area contributed by atoms with E-state index in [2.05, 4.69) is 15.4 Å². The summed E-state index contributed by atoms with van der Waals surface area (Å²) in [7, 11) is -2.07. The molecule has 2 bridgehead atoms. The summed E-state index contributed by atoms with van der Waals surface area (Å²) in [6.45, 7) is 0. The maximum Gasteiger partial charge on any atom is 0.240 e. The SMILES string of the molecule is COc1ccc(S(=O)(=O)NC2CC2)cc1NC(=O)CC1CC2CCC(C1)N2. The lowest BCUT2D eigenvalue weighted by Gasteiger charge is -2.28. The van der Waals surface area contributed by atoms with E-state index < -0.39 is 10.0 Å². The first-order valence-electron chi connectivity index (χ1n) is 9.69. The van der Waals surface area contributed by atoms with Crippen LogP contribution >= 0.6 is 0 Å². The van der Waals surface area contributed by atoms with E-state index in [9.17, 15) is 13.2 Å². The topological polar surface area (TPSA) is 96.5 Å². The molecule has 8 heteroatoms. The number of amides is 1. The summed E-state index contributed by atoms with van der Waals surface area (Å²) in [6, 6.07) is 5.68. The Morgan fingerprint density at radius 1 is 1.19 bits per heavy atom. The van der Waals surface area contributed by atoms with Gasteiger partial charge >= 0.3 is 0 Å². The summed E-state index contributed by atoms with van der Waals surface area (Å²) in [6.07, 6.45) is 6.65. The van der Waals surface area contributed by atoms with Crippen LogP contribution in [0.25, 0.3) is 0 Å². The normalized spacial score (nSPS) is 27.4. The lowest BCUT2D eigenvalue weighted by molar-refractivity contribution is -0.117. The van der Waals surface area contributed by atoms with Gasteiger partial charge in [-0.3, -0.25) is 4.79 Å². The zero-order valence-electron chi connectivity index (χ0n) is 15.5. The molecule has 2 aliphatic heterocycles. The molecule has 2 unspecified atom stereocenters. The Balaban J connectivity index is 1.45. The lowest BCUT2D eigenvalue weighted by atomic mass is 9.89. The minimum absolute atomic E-state index is 0.0328. The highest BCUT2D eigenvalue weighted by molar-refractivity contribution is 7.89. The smallest absolute Gasteiger partial charge is 0.240 e. The van der Waals surface area contributed by atoms with E-state index in [0.29, 0.717) is 35.9 Å². The summed E-state index contributed by atoms with van der Waals surface area (Å²) >= 11 is 0. The molecule has 148 valence electrons. The highest BCUT2D eigenvalue weighted by atomic mass is 32.2. The predicted molar refractivity (Wildman–Crippen MR) is 102 cm³/mol. The van der Waals surface area contributed by atoms with E-state index in [1.165, 1.54) is 32.1 Å². The Morgan fingerprint density at radius 2 is 1.89 bits per heavy atom. The third-order valence-corrected chi connectivity index (χ3v) is 7.22. The Bertz CT molecular complexity index is 810. The van der Waals surface area contributed by atoms with Crippen molar-refractivity contribution < 1.29 is 17.9 Å². The fraction of sp³-hybridized carbons (Fsp3) is 0.632. The number of benzene rings is 1. The highest BCUT2D eigenvalue weighted by Gasteiger charge is 2.34. The fourth-order valence-corrected chi connectivity index (χ4v) is 5.58. The van der Waals surface area contributed by atoms with Crippen LogP contribution in [0.5, 0.6) is 5.75 Å². The molecule has 2 saturated heterocycles. The van der Waals surface area contributed by atoms with Gasteiger partial charge in [-0.15, -0.1) is 0 Å². The number of hydrogen-bond donors (Lipinski definition) is 3. The minimum atomic E-state index is -3.58. The Hall–Kier alpha value is -1.64. The fourth-order valence-electron chi connectivity index (χ4n) is 4.25. The zero-order valence-corrected chi connectivity index (χ0v) is 16.3. The number of fused-ring (bicyclic) bond motifs is 2. The van der Waals surface area contributed by atoms with Gasteiger partial charge in [-0.1, -0.05) is 0 Å². The van der Waals surface area contributed by atoms with Gasteiger partial charge in [0.25, 0.3) is 0 Å². The van der Waals surface area contributed by atoms with Crippen molar-refractivity contribution in [2.45, 2.75) is 68.0 Å². The zero-order chi connectivity index (χ0) is 19.0. The van der Waals surface area contributed by atoms with Gasteiger partial charge in [-0.05, 0) is 62.6 Å². The molecular formula is C19H27N3O4S. The van der Waals surface area contributed by atoms with Gasteiger partial charge in [0.05, 0.1) is 17.7 Å². The Morgan fingerprint density at radius 3 is 2.52 bits per heavy atom. The van der Waals surface area contributed by atoms with Crippen molar-refractivity contribution in [3.63, 3.8) is 0 Å². The second kappa shape index (κ2) is 7.41. The van der Waals surface area contributed by atoms with Crippen molar-refractivity contribution in [1.29, 1.82) is 0 Å². The van der Waals surface area contributed by atoms with Crippen LogP contribution in [0.1, 0.15) is 44.9 Å². The number of ether oxygens (including phenoxy) is 1. The van der Waals surface area contributed by atoms with Crippen molar-refractivity contribution in [2.75, 3.05) is 12.4 Å². The lowest BCUT2D eigenvalue weighted by Crippen LogP contribution is -2.39. The molecule has 0 aromatic heterocycles. The molecule has 2 atom stereocenters. The maximum absolute atomic E-state index is 12.6. The van der Waals surface area contributed by atoms with Gasteiger partial charge < -0.3 is 15.4 Å². The van der Waals surface area contributed by atoms with Gasteiger partial charge in [0.1, 0.15) is 5.75 Å². The van der Waals surface area contributed by atoms with Crippen molar-refractivity contribution in [3.05, 3.63) is 18.2 Å². The molecule has 4 rings (SSSR count). The standard InChI is InChI=1S/C19H27N3O4S/c1-26-18-7-6-16(27(24,25)22-13-2-3-13)11-17(18)21-19(23)10-12-8-14-4-5-15(9-12)20-14/h6-7,11-15,20,22H,2-5,8-10H2,1H3,(H,21,23). The van der Waals surface area contributed by atoms with E-state index >= 15 is 0 Å². The number of methoxy groups -OCH3 is 1. The molecule has 1 saturated carbocycles. The van der Waals surface area contributed by atoms with Crippen LogP contribution in [0.4, 0.5) is 5.69 Å². The van der Waals surface area contributed by atoms with Crippen LogP contribution in [0, 0.1) is 5.92 Å². The van der Waals surface area contributed by atoms with Gasteiger partial charge in [0, 0.05) is 24.5 Å². The largest absolute Gasteiger partial charge is 0.495 e. The average Bonchev–Trinajstić information content (AvgIpc) is 3.36.